The molecule has 110 valence electrons. The Bertz CT molecular complexity index is 641. The maximum absolute atomic E-state index is 11.3. The van der Waals surface area contributed by atoms with E-state index in [4.69, 9.17) is 10.00 Å². The van der Waals surface area contributed by atoms with Crippen molar-refractivity contribution >= 4 is 17.5 Å². The van der Waals surface area contributed by atoms with E-state index in [0.29, 0.717) is 0 Å². The first-order chi connectivity index (χ1) is 9.88. The average molecular weight is 292 g/mol. The summed E-state index contributed by atoms with van der Waals surface area (Å²) in [5.74, 6) is -0.819. The van der Waals surface area contributed by atoms with Gasteiger partial charge in [0.15, 0.2) is 0 Å². The number of hydrogen-bond donors (Lipinski definition) is 2. The summed E-state index contributed by atoms with van der Waals surface area (Å²) in [6.07, 6.45) is 0. The fourth-order valence-electron chi connectivity index (χ4n) is 2.03. The summed E-state index contributed by atoms with van der Waals surface area (Å²) < 4.78 is 5.18. The van der Waals surface area contributed by atoms with Gasteiger partial charge in [-0.3, -0.25) is 14.9 Å². The van der Waals surface area contributed by atoms with E-state index in [-0.39, 0.29) is 24.7 Å². The normalized spacial score (nSPS) is 24.3. The predicted molar refractivity (Wildman–Crippen MR) is 69.6 cm³/mol. The van der Waals surface area contributed by atoms with E-state index in [2.05, 4.69) is 10.3 Å². The molecular weight excluding hydrogens is 280 g/mol. The van der Waals surface area contributed by atoms with Crippen molar-refractivity contribution in [3.05, 3.63) is 27.9 Å². The highest BCUT2D eigenvalue weighted by atomic mass is 16.6. The molecule has 0 spiro atoms. The molecule has 0 aliphatic carbocycles. The molecular formula is C12H12N4O5. The molecule has 0 bridgehead atoms. The molecule has 21 heavy (non-hydrogen) atoms. The molecule has 0 aromatic carbocycles. The molecule has 0 saturated carbocycles. The smallest absolute Gasteiger partial charge is 0.313 e. The first-order valence-corrected chi connectivity index (χ1v) is 6.01. The lowest BCUT2D eigenvalue weighted by Gasteiger charge is -2.25. The standard InChI is InChI=1S/C12H12N4O5/c1-12(11(17)18)6-21-5-9(12)15-10-3-2-8(16(19)20)7(4-13)14-10/h2-3,9H,5-6H2,1H3,(H,14,15)(H,17,18). The van der Waals surface area contributed by atoms with Gasteiger partial charge in [0.05, 0.1) is 24.2 Å². The van der Waals surface area contributed by atoms with E-state index in [1.165, 1.54) is 13.0 Å². The van der Waals surface area contributed by atoms with Gasteiger partial charge in [-0.05, 0) is 13.0 Å². The Hall–Kier alpha value is -2.73. The number of carboxylic acid groups (broad SMARTS) is 1. The highest BCUT2D eigenvalue weighted by Gasteiger charge is 2.46. The van der Waals surface area contributed by atoms with E-state index < -0.39 is 28.0 Å². The van der Waals surface area contributed by atoms with Gasteiger partial charge >= 0.3 is 11.7 Å². The number of nitriles is 1. The molecule has 0 amide bonds. The topological polar surface area (TPSA) is 138 Å². The van der Waals surface area contributed by atoms with Crippen molar-refractivity contribution in [1.29, 1.82) is 5.26 Å². The molecule has 2 rings (SSSR count). The van der Waals surface area contributed by atoms with E-state index in [1.54, 1.807) is 6.07 Å². The monoisotopic (exact) mass is 292 g/mol. The van der Waals surface area contributed by atoms with Gasteiger partial charge in [0.2, 0.25) is 5.69 Å². The van der Waals surface area contributed by atoms with Gasteiger partial charge in [-0.1, -0.05) is 0 Å². The van der Waals surface area contributed by atoms with Crippen LogP contribution in [0.4, 0.5) is 11.5 Å². The second kappa shape index (κ2) is 5.34. The average Bonchev–Trinajstić information content (AvgIpc) is 2.81. The third-order valence-corrected chi connectivity index (χ3v) is 3.44. The van der Waals surface area contributed by atoms with Crippen molar-refractivity contribution in [1.82, 2.24) is 4.98 Å². The minimum Gasteiger partial charge on any atom is -0.481 e. The summed E-state index contributed by atoms with van der Waals surface area (Å²) >= 11 is 0. The Morgan fingerprint density at radius 1 is 1.71 bits per heavy atom. The molecule has 1 saturated heterocycles. The summed E-state index contributed by atoms with van der Waals surface area (Å²) in [6.45, 7) is 1.76. The number of nitrogens with zero attached hydrogens (tertiary/aromatic N) is 3. The maximum atomic E-state index is 11.3. The zero-order valence-corrected chi connectivity index (χ0v) is 11.1. The zero-order valence-electron chi connectivity index (χ0n) is 11.1. The number of aromatic nitrogens is 1. The summed E-state index contributed by atoms with van der Waals surface area (Å²) in [6, 6.07) is 3.59. The Morgan fingerprint density at radius 2 is 2.43 bits per heavy atom. The lowest BCUT2D eigenvalue weighted by molar-refractivity contribution is -0.385. The highest BCUT2D eigenvalue weighted by molar-refractivity contribution is 5.76. The Kier molecular flexibility index (Phi) is 3.73. The van der Waals surface area contributed by atoms with Crippen molar-refractivity contribution in [3.8, 4) is 6.07 Å². The number of pyridine rings is 1. The van der Waals surface area contributed by atoms with Crippen LogP contribution in [0.5, 0.6) is 0 Å². The van der Waals surface area contributed by atoms with Crippen LogP contribution in [0, 0.1) is 26.9 Å². The molecule has 2 heterocycles. The summed E-state index contributed by atoms with van der Waals surface area (Å²) in [4.78, 5) is 25.2. The second-order valence-corrected chi connectivity index (χ2v) is 4.87. The van der Waals surface area contributed by atoms with Crippen LogP contribution >= 0.6 is 0 Å². The van der Waals surface area contributed by atoms with Crippen LogP contribution in [0.1, 0.15) is 12.6 Å². The van der Waals surface area contributed by atoms with Crippen molar-refractivity contribution in [2.45, 2.75) is 13.0 Å². The van der Waals surface area contributed by atoms with E-state index >= 15 is 0 Å². The van der Waals surface area contributed by atoms with Gasteiger partial charge in [0.1, 0.15) is 17.3 Å². The van der Waals surface area contributed by atoms with E-state index in [1.807, 2.05) is 0 Å². The van der Waals surface area contributed by atoms with Gasteiger partial charge in [-0.25, -0.2) is 4.98 Å². The summed E-state index contributed by atoms with van der Waals surface area (Å²) in [5.41, 5.74) is -1.86. The van der Waals surface area contributed by atoms with Gasteiger partial charge in [0.25, 0.3) is 0 Å². The van der Waals surface area contributed by atoms with Gasteiger partial charge in [0, 0.05) is 6.07 Å². The van der Waals surface area contributed by atoms with Crippen LogP contribution in [-0.2, 0) is 9.53 Å². The highest BCUT2D eigenvalue weighted by Crippen LogP contribution is 2.31. The number of carboxylic acids is 1. The van der Waals surface area contributed by atoms with Gasteiger partial charge < -0.3 is 15.2 Å². The number of aliphatic carboxylic acids is 1. The first kappa shape index (κ1) is 14.7. The van der Waals surface area contributed by atoms with Crippen molar-refractivity contribution in [2.24, 2.45) is 5.41 Å². The molecule has 9 heteroatoms. The van der Waals surface area contributed by atoms with Crippen molar-refractivity contribution in [2.75, 3.05) is 18.5 Å². The maximum Gasteiger partial charge on any atom is 0.313 e. The van der Waals surface area contributed by atoms with Crippen molar-refractivity contribution < 1.29 is 19.6 Å². The van der Waals surface area contributed by atoms with Crippen LogP contribution < -0.4 is 5.32 Å². The molecule has 2 N–H and O–H groups in total. The first-order valence-electron chi connectivity index (χ1n) is 6.01. The number of hydrogen-bond acceptors (Lipinski definition) is 7. The zero-order chi connectivity index (χ0) is 15.6. The fraction of sp³-hybridized carbons (Fsp3) is 0.417. The minimum absolute atomic E-state index is 0.0537. The SMILES string of the molecule is CC1(C(=O)O)COCC1Nc1ccc([N+](=O)[O-])c(C#N)n1. The Balaban J connectivity index is 2.27. The van der Waals surface area contributed by atoms with E-state index in [9.17, 15) is 20.0 Å². The molecule has 1 aromatic rings. The van der Waals surface area contributed by atoms with Crippen molar-refractivity contribution in [3.63, 3.8) is 0 Å². The Morgan fingerprint density at radius 3 is 3.00 bits per heavy atom. The van der Waals surface area contributed by atoms with E-state index in [0.717, 1.165) is 6.07 Å². The van der Waals surface area contributed by atoms with Crippen LogP contribution in [0.15, 0.2) is 12.1 Å². The molecule has 2 atom stereocenters. The molecule has 2 unspecified atom stereocenters. The summed E-state index contributed by atoms with van der Waals surface area (Å²) in [7, 11) is 0. The number of carbonyl (C=O) groups is 1. The predicted octanol–water partition coefficient (Wildman–Crippen LogP) is 0.763. The van der Waals surface area contributed by atoms with Crippen LogP contribution in [0.2, 0.25) is 0 Å². The third kappa shape index (κ3) is 2.61. The number of rotatable bonds is 4. The second-order valence-electron chi connectivity index (χ2n) is 4.87. The number of nitro groups is 1. The fourth-order valence-corrected chi connectivity index (χ4v) is 2.03. The minimum atomic E-state index is -1.13. The Labute approximate surface area is 119 Å². The molecule has 1 aromatic heterocycles. The quantitative estimate of drug-likeness (QED) is 0.612. The van der Waals surface area contributed by atoms with Crippen LogP contribution in [0.25, 0.3) is 0 Å². The molecule has 1 fully saturated rings. The lowest BCUT2D eigenvalue weighted by Crippen LogP contribution is -2.43. The van der Waals surface area contributed by atoms with Crippen LogP contribution in [-0.4, -0.2) is 40.2 Å². The number of anilines is 1. The summed E-state index contributed by atoms with van der Waals surface area (Å²) in [5, 5.41) is 31.7. The number of nitrogens with one attached hydrogen (secondary N) is 1. The third-order valence-electron chi connectivity index (χ3n) is 3.44. The van der Waals surface area contributed by atoms with Gasteiger partial charge in [-0.2, -0.15) is 5.26 Å². The largest absolute Gasteiger partial charge is 0.481 e. The molecule has 9 nitrogen and oxygen atoms in total. The number of ether oxygens (including phenoxy) is 1. The van der Waals surface area contributed by atoms with Gasteiger partial charge in [-0.15, -0.1) is 0 Å². The molecule has 1 aliphatic rings. The lowest BCUT2D eigenvalue weighted by atomic mass is 9.85. The van der Waals surface area contributed by atoms with Crippen LogP contribution in [0.3, 0.4) is 0 Å². The molecule has 1 aliphatic heterocycles. The molecule has 0 radical (unpaired) electrons.